The molecule has 2 fully saturated rings. The maximum absolute atomic E-state index is 12.2. The van der Waals surface area contributed by atoms with E-state index in [0.29, 0.717) is 19.0 Å². The summed E-state index contributed by atoms with van der Waals surface area (Å²) in [6, 6.07) is 0. The molecule has 28 heavy (non-hydrogen) atoms. The van der Waals surface area contributed by atoms with Gasteiger partial charge in [-0.3, -0.25) is 4.99 Å². The molecule has 2 saturated heterocycles. The average Bonchev–Trinajstić information content (AvgIpc) is 3.17. The van der Waals surface area contributed by atoms with Crippen molar-refractivity contribution in [1.82, 2.24) is 19.8 Å². The minimum Gasteiger partial charge on any atom is -0.377 e. The number of hydrogen-bond acceptors (Lipinski definition) is 5. The Labute approximate surface area is 171 Å². The zero-order valence-corrected chi connectivity index (χ0v) is 18.6. The van der Waals surface area contributed by atoms with Gasteiger partial charge in [-0.1, -0.05) is 13.8 Å². The Bertz CT molecular complexity index is 574. The standard InChI is InChI=1S/C19H39N5O3S/c1-4-23(5-2)15-17-9-11-24(16-17)19(20-3)21-10-13-28(25,26)22-14-18-8-6-7-12-27-18/h17-18,22H,4-16H2,1-3H3,(H,20,21). The number of guanidine groups is 1. The molecule has 0 radical (unpaired) electrons. The minimum atomic E-state index is -3.31. The van der Waals surface area contributed by atoms with Gasteiger partial charge in [0.15, 0.2) is 5.96 Å². The summed E-state index contributed by atoms with van der Waals surface area (Å²) < 4.78 is 32.7. The Balaban J connectivity index is 1.70. The van der Waals surface area contributed by atoms with Crippen LogP contribution in [0.3, 0.4) is 0 Å². The zero-order chi connectivity index (χ0) is 20.4. The fraction of sp³-hybridized carbons (Fsp3) is 0.947. The molecule has 8 nitrogen and oxygen atoms in total. The molecule has 2 unspecified atom stereocenters. The highest BCUT2D eigenvalue weighted by Gasteiger charge is 2.26. The smallest absolute Gasteiger partial charge is 0.213 e. The number of likely N-dealkylation sites (tertiary alicyclic amines) is 1. The van der Waals surface area contributed by atoms with Gasteiger partial charge in [0, 0.05) is 46.4 Å². The van der Waals surface area contributed by atoms with E-state index < -0.39 is 10.0 Å². The van der Waals surface area contributed by atoms with Crippen LogP contribution in [0.5, 0.6) is 0 Å². The zero-order valence-electron chi connectivity index (χ0n) is 17.8. The van der Waals surface area contributed by atoms with Crippen LogP contribution in [0.2, 0.25) is 0 Å². The van der Waals surface area contributed by atoms with Gasteiger partial charge in [0.2, 0.25) is 10.0 Å². The first kappa shape index (κ1) is 23.4. The maximum atomic E-state index is 12.2. The van der Waals surface area contributed by atoms with E-state index in [-0.39, 0.29) is 11.9 Å². The lowest BCUT2D eigenvalue weighted by molar-refractivity contribution is 0.0200. The Kier molecular flexibility index (Phi) is 9.98. The normalized spacial score (nSPS) is 24.1. The Morgan fingerprint density at radius 2 is 2.04 bits per heavy atom. The molecule has 0 aromatic carbocycles. The predicted octanol–water partition coefficient (Wildman–Crippen LogP) is 0.714. The molecular weight excluding hydrogens is 378 g/mol. The molecule has 0 bridgehead atoms. The second kappa shape index (κ2) is 11.9. The summed E-state index contributed by atoms with van der Waals surface area (Å²) in [7, 11) is -1.56. The molecule has 0 aromatic heterocycles. The van der Waals surface area contributed by atoms with E-state index in [0.717, 1.165) is 71.0 Å². The van der Waals surface area contributed by atoms with Crippen molar-refractivity contribution in [3.8, 4) is 0 Å². The van der Waals surface area contributed by atoms with Crippen molar-refractivity contribution in [1.29, 1.82) is 0 Å². The highest BCUT2D eigenvalue weighted by molar-refractivity contribution is 7.89. The number of hydrogen-bond donors (Lipinski definition) is 2. The van der Waals surface area contributed by atoms with Crippen LogP contribution < -0.4 is 10.0 Å². The average molecular weight is 418 g/mol. The second-order valence-electron chi connectivity index (χ2n) is 7.72. The second-order valence-corrected chi connectivity index (χ2v) is 9.64. The number of nitrogens with one attached hydrogen (secondary N) is 2. The summed E-state index contributed by atoms with van der Waals surface area (Å²) in [5.41, 5.74) is 0. The lowest BCUT2D eigenvalue weighted by atomic mass is 10.1. The molecule has 0 aliphatic carbocycles. The van der Waals surface area contributed by atoms with Crippen LogP contribution in [-0.2, 0) is 14.8 Å². The number of aliphatic imine (C=N–C) groups is 1. The van der Waals surface area contributed by atoms with Crippen LogP contribution in [0, 0.1) is 5.92 Å². The van der Waals surface area contributed by atoms with Crippen LogP contribution in [0.25, 0.3) is 0 Å². The summed E-state index contributed by atoms with van der Waals surface area (Å²) in [5.74, 6) is 1.47. The highest BCUT2D eigenvalue weighted by atomic mass is 32.2. The van der Waals surface area contributed by atoms with Crippen LogP contribution >= 0.6 is 0 Å². The molecule has 2 rings (SSSR count). The van der Waals surface area contributed by atoms with Crippen LogP contribution in [0.4, 0.5) is 0 Å². The van der Waals surface area contributed by atoms with Crippen LogP contribution in [-0.4, -0.2) is 95.5 Å². The minimum absolute atomic E-state index is 0.0107. The van der Waals surface area contributed by atoms with Crippen molar-refractivity contribution in [3.05, 3.63) is 0 Å². The van der Waals surface area contributed by atoms with E-state index >= 15 is 0 Å². The molecule has 2 aliphatic rings. The van der Waals surface area contributed by atoms with Crippen LogP contribution in [0.1, 0.15) is 39.5 Å². The Morgan fingerprint density at radius 1 is 1.25 bits per heavy atom. The molecule has 0 saturated carbocycles. The fourth-order valence-corrected chi connectivity index (χ4v) is 4.87. The largest absolute Gasteiger partial charge is 0.377 e. The monoisotopic (exact) mass is 417 g/mol. The van der Waals surface area contributed by atoms with Gasteiger partial charge < -0.3 is 19.9 Å². The summed E-state index contributed by atoms with van der Waals surface area (Å²) in [6.45, 7) is 11.1. The molecule has 0 amide bonds. The topological polar surface area (TPSA) is 86.3 Å². The maximum Gasteiger partial charge on any atom is 0.213 e. The first-order chi connectivity index (χ1) is 13.5. The van der Waals surface area contributed by atoms with Gasteiger partial charge >= 0.3 is 0 Å². The number of sulfonamides is 1. The SMILES string of the molecule is CCN(CC)CC1CCN(C(=NC)NCCS(=O)(=O)NCC2CCCCO2)C1. The van der Waals surface area contributed by atoms with Gasteiger partial charge in [0.05, 0.1) is 11.9 Å². The fourth-order valence-electron chi connectivity index (χ4n) is 3.91. The molecule has 9 heteroatoms. The first-order valence-electron chi connectivity index (χ1n) is 10.7. The van der Waals surface area contributed by atoms with Crippen molar-refractivity contribution in [2.24, 2.45) is 10.9 Å². The third-order valence-corrected chi connectivity index (χ3v) is 7.01. The number of ether oxygens (including phenoxy) is 1. The Morgan fingerprint density at radius 3 is 2.68 bits per heavy atom. The third kappa shape index (κ3) is 7.85. The van der Waals surface area contributed by atoms with Gasteiger partial charge in [0.25, 0.3) is 0 Å². The van der Waals surface area contributed by atoms with E-state index in [9.17, 15) is 8.42 Å². The van der Waals surface area contributed by atoms with Crippen molar-refractivity contribution in [2.45, 2.75) is 45.6 Å². The highest BCUT2D eigenvalue weighted by Crippen LogP contribution is 2.17. The van der Waals surface area contributed by atoms with Crippen LogP contribution in [0.15, 0.2) is 4.99 Å². The summed E-state index contributed by atoms with van der Waals surface area (Å²) in [4.78, 5) is 9.04. The van der Waals surface area contributed by atoms with E-state index in [4.69, 9.17) is 4.74 Å². The molecular formula is C19H39N5O3S. The molecule has 0 aromatic rings. The van der Waals surface area contributed by atoms with Gasteiger partial charge in [-0.2, -0.15) is 0 Å². The lowest BCUT2D eigenvalue weighted by Crippen LogP contribution is -2.44. The van der Waals surface area contributed by atoms with E-state index in [2.05, 4.69) is 38.7 Å². The van der Waals surface area contributed by atoms with Gasteiger partial charge in [-0.05, 0) is 44.7 Å². The molecule has 2 aliphatic heterocycles. The van der Waals surface area contributed by atoms with E-state index in [1.54, 1.807) is 7.05 Å². The molecule has 2 atom stereocenters. The molecule has 2 N–H and O–H groups in total. The molecule has 0 spiro atoms. The summed E-state index contributed by atoms with van der Waals surface area (Å²) in [5, 5.41) is 3.22. The van der Waals surface area contributed by atoms with Crippen molar-refractivity contribution in [2.75, 3.05) is 65.2 Å². The number of rotatable bonds is 10. The summed E-state index contributed by atoms with van der Waals surface area (Å²) in [6.07, 6.45) is 4.26. The van der Waals surface area contributed by atoms with Gasteiger partial charge in [-0.25, -0.2) is 13.1 Å². The number of nitrogens with zero attached hydrogens (tertiary/aromatic N) is 3. The molecule has 2 heterocycles. The quantitative estimate of drug-likeness (QED) is 0.402. The van der Waals surface area contributed by atoms with Crippen molar-refractivity contribution in [3.63, 3.8) is 0 Å². The van der Waals surface area contributed by atoms with E-state index in [1.807, 2.05) is 0 Å². The third-order valence-electron chi connectivity index (χ3n) is 5.67. The Hall–Kier alpha value is -0.900. The predicted molar refractivity (Wildman–Crippen MR) is 114 cm³/mol. The van der Waals surface area contributed by atoms with Crippen molar-refractivity contribution >= 4 is 16.0 Å². The summed E-state index contributed by atoms with van der Waals surface area (Å²) >= 11 is 0. The van der Waals surface area contributed by atoms with Gasteiger partial charge in [0.1, 0.15) is 0 Å². The van der Waals surface area contributed by atoms with Crippen molar-refractivity contribution < 1.29 is 13.2 Å². The molecule has 164 valence electrons. The van der Waals surface area contributed by atoms with Gasteiger partial charge in [-0.15, -0.1) is 0 Å². The van der Waals surface area contributed by atoms with E-state index in [1.165, 1.54) is 0 Å². The first-order valence-corrected chi connectivity index (χ1v) is 12.4. The lowest BCUT2D eigenvalue weighted by Gasteiger charge is -2.24.